The summed E-state index contributed by atoms with van der Waals surface area (Å²) in [5.74, 6) is -0.649. The molecule has 3 amide bonds. The number of fused-ring (bicyclic) bond motifs is 2. The predicted molar refractivity (Wildman–Crippen MR) is 109 cm³/mol. The Balaban J connectivity index is 1.59. The first-order chi connectivity index (χ1) is 13.7. The molecule has 150 valence electrons. The van der Waals surface area contributed by atoms with Gasteiger partial charge in [-0.25, -0.2) is 9.69 Å². The average molecular weight is 393 g/mol. The van der Waals surface area contributed by atoms with Gasteiger partial charge in [0, 0.05) is 18.8 Å². The number of carbonyl (C=O) groups excluding carboxylic acids is 3. The van der Waals surface area contributed by atoms with E-state index < -0.39 is 5.60 Å². The first-order valence-electron chi connectivity index (χ1n) is 9.57. The van der Waals surface area contributed by atoms with Crippen molar-refractivity contribution in [2.75, 3.05) is 23.3 Å². The average Bonchev–Trinajstić information content (AvgIpc) is 2.81. The topological polar surface area (TPSA) is 79.0 Å². The highest BCUT2D eigenvalue weighted by Crippen LogP contribution is 2.32. The van der Waals surface area contributed by atoms with Crippen molar-refractivity contribution < 1.29 is 19.1 Å². The van der Waals surface area contributed by atoms with Crippen molar-refractivity contribution in [3.05, 3.63) is 59.2 Å². The third kappa shape index (κ3) is 3.55. The molecule has 1 N–H and O–H groups in total. The quantitative estimate of drug-likeness (QED) is 0.748. The SMILES string of the molecule is CC(C)(C)OC(=O)N1CCNc2cc(N3C(=O)c4ccccc4C3=O)ccc2C1. The molecule has 0 aromatic heterocycles. The van der Waals surface area contributed by atoms with E-state index in [2.05, 4.69) is 5.32 Å². The Morgan fingerprint density at radius 2 is 1.69 bits per heavy atom. The zero-order valence-electron chi connectivity index (χ0n) is 16.7. The normalized spacial score (nSPS) is 16.1. The lowest BCUT2D eigenvalue weighted by Crippen LogP contribution is -2.37. The van der Waals surface area contributed by atoms with E-state index in [1.54, 1.807) is 41.3 Å². The van der Waals surface area contributed by atoms with Crippen molar-refractivity contribution in [2.24, 2.45) is 0 Å². The molecule has 0 saturated carbocycles. The Hall–Kier alpha value is -3.35. The minimum absolute atomic E-state index is 0.324. The largest absolute Gasteiger partial charge is 0.444 e. The van der Waals surface area contributed by atoms with Gasteiger partial charge in [0.2, 0.25) is 0 Å². The molecule has 2 aliphatic rings. The second-order valence-corrected chi connectivity index (χ2v) is 8.16. The monoisotopic (exact) mass is 393 g/mol. The van der Waals surface area contributed by atoms with Crippen LogP contribution in [0, 0.1) is 0 Å². The van der Waals surface area contributed by atoms with E-state index in [-0.39, 0.29) is 17.9 Å². The van der Waals surface area contributed by atoms with Crippen LogP contribution in [-0.4, -0.2) is 41.5 Å². The Bertz CT molecular complexity index is 974. The Morgan fingerprint density at radius 1 is 1.03 bits per heavy atom. The molecule has 2 aliphatic heterocycles. The number of benzene rings is 2. The molecule has 0 saturated heterocycles. The lowest BCUT2D eigenvalue weighted by molar-refractivity contribution is 0.0245. The number of rotatable bonds is 1. The van der Waals surface area contributed by atoms with E-state index in [1.807, 2.05) is 26.8 Å². The molecule has 0 aliphatic carbocycles. The number of carbonyl (C=O) groups is 3. The van der Waals surface area contributed by atoms with E-state index in [4.69, 9.17) is 4.74 Å². The fourth-order valence-corrected chi connectivity index (χ4v) is 3.52. The number of hydrogen-bond acceptors (Lipinski definition) is 5. The molecule has 0 fully saturated rings. The van der Waals surface area contributed by atoms with Crippen LogP contribution in [0.1, 0.15) is 47.1 Å². The maximum absolute atomic E-state index is 12.7. The summed E-state index contributed by atoms with van der Waals surface area (Å²) in [5.41, 5.74) is 2.47. The summed E-state index contributed by atoms with van der Waals surface area (Å²) in [4.78, 5) is 40.8. The molecule has 0 bridgehead atoms. The van der Waals surface area contributed by atoms with Crippen LogP contribution >= 0.6 is 0 Å². The minimum atomic E-state index is -0.561. The highest BCUT2D eigenvalue weighted by molar-refractivity contribution is 6.34. The Kier molecular flexibility index (Phi) is 4.53. The molecule has 0 spiro atoms. The number of nitrogens with one attached hydrogen (secondary N) is 1. The number of imide groups is 1. The van der Waals surface area contributed by atoms with Crippen molar-refractivity contribution in [2.45, 2.75) is 32.9 Å². The zero-order valence-corrected chi connectivity index (χ0v) is 16.7. The fraction of sp³-hybridized carbons (Fsp3) is 0.318. The van der Waals surface area contributed by atoms with Crippen molar-refractivity contribution >= 4 is 29.3 Å². The van der Waals surface area contributed by atoms with Gasteiger partial charge >= 0.3 is 6.09 Å². The summed E-state index contributed by atoms with van der Waals surface area (Å²) in [6, 6.07) is 12.2. The molecule has 2 aromatic carbocycles. The minimum Gasteiger partial charge on any atom is -0.444 e. The van der Waals surface area contributed by atoms with Gasteiger partial charge in [0.25, 0.3) is 11.8 Å². The summed E-state index contributed by atoms with van der Waals surface area (Å²) in [6.45, 7) is 6.93. The summed E-state index contributed by atoms with van der Waals surface area (Å²) in [6.07, 6.45) is -0.364. The molecule has 2 heterocycles. The summed E-state index contributed by atoms with van der Waals surface area (Å²) >= 11 is 0. The van der Waals surface area contributed by atoms with Crippen LogP contribution in [-0.2, 0) is 11.3 Å². The van der Waals surface area contributed by atoms with Gasteiger partial charge in [-0.05, 0) is 50.6 Å². The van der Waals surface area contributed by atoms with E-state index in [0.717, 1.165) is 11.3 Å². The summed E-state index contributed by atoms with van der Waals surface area (Å²) in [5, 5.41) is 3.29. The van der Waals surface area contributed by atoms with Gasteiger partial charge in [0.1, 0.15) is 5.60 Å². The number of nitrogens with zero attached hydrogens (tertiary/aromatic N) is 2. The smallest absolute Gasteiger partial charge is 0.410 e. The highest BCUT2D eigenvalue weighted by atomic mass is 16.6. The zero-order chi connectivity index (χ0) is 20.8. The van der Waals surface area contributed by atoms with Gasteiger partial charge in [-0.2, -0.15) is 0 Å². The van der Waals surface area contributed by atoms with Gasteiger partial charge in [-0.3, -0.25) is 9.59 Å². The van der Waals surface area contributed by atoms with Crippen molar-refractivity contribution in [1.82, 2.24) is 4.90 Å². The van der Waals surface area contributed by atoms with Gasteiger partial charge in [-0.15, -0.1) is 0 Å². The van der Waals surface area contributed by atoms with Crippen molar-refractivity contribution in [3.63, 3.8) is 0 Å². The maximum Gasteiger partial charge on any atom is 0.410 e. The van der Waals surface area contributed by atoms with Crippen LogP contribution < -0.4 is 10.2 Å². The molecule has 0 unspecified atom stereocenters. The summed E-state index contributed by atoms with van der Waals surface area (Å²) < 4.78 is 5.48. The van der Waals surface area contributed by atoms with Crippen LogP contribution in [0.4, 0.5) is 16.2 Å². The molecule has 2 aromatic rings. The second-order valence-electron chi connectivity index (χ2n) is 8.16. The Morgan fingerprint density at radius 3 is 2.31 bits per heavy atom. The van der Waals surface area contributed by atoms with Crippen LogP contribution in [0.5, 0.6) is 0 Å². The van der Waals surface area contributed by atoms with E-state index in [1.165, 1.54) is 4.90 Å². The Labute approximate surface area is 169 Å². The van der Waals surface area contributed by atoms with Crippen molar-refractivity contribution in [3.8, 4) is 0 Å². The van der Waals surface area contributed by atoms with Crippen molar-refractivity contribution in [1.29, 1.82) is 0 Å². The maximum atomic E-state index is 12.7. The molecule has 7 heteroatoms. The first-order valence-corrected chi connectivity index (χ1v) is 9.57. The first kappa shape index (κ1) is 19.0. The number of hydrogen-bond donors (Lipinski definition) is 1. The predicted octanol–water partition coefficient (Wildman–Crippen LogP) is 3.65. The van der Waals surface area contributed by atoms with Crippen LogP contribution in [0.25, 0.3) is 0 Å². The molecule has 0 radical (unpaired) electrons. The molecule has 4 rings (SSSR count). The van der Waals surface area contributed by atoms with E-state index in [9.17, 15) is 14.4 Å². The van der Waals surface area contributed by atoms with E-state index in [0.29, 0.717) is 36.4 Å². The van der Waals surface area contributed by atoms with Crippen LogP contribution in [0.3, 0.4) is 0 Å². The van der Waals surface area contributed by atoms with Crippen LogP contribution in [0.15, 0.2) is 42.5 Å². The number of amides is 3. The van der Waals surface area contributed by atoms with Gasteiger partial charge in [-0.1, -0.05) is 18.2 Å². The third-order valence-corrected chi connectivity index (χ3v) is 4.86. The molecule has 0 atom stereocenters. The lowest BCUT2D eigenvalue weighted by Gasteiger charge is -2.26. The van der Waals surface area contributed by atoms with Gasteiger partial charge in [0.15, 0.2) is 0 Å². The second kappa shape index (κ2) is 6.92. The third-order valence-electron chi connectivity index (χ3n) is 4.86. The van der Waals surface area contributed by atoms with Gasteiger partial charge in [0.05, 0.1) is 23.4 Å². The molecule has 29 heavy (non-hydrogen) atoms. The number of anilines is 2. The molecular weight excluding hydrogens is 370 g/mol. The summed E-state index contributed by atoms with van der Waals surface area (Å²) in [7, 11) is 0. The highest BCUT2D eigenvalue weighted by Gasteiger charge is 2.36. The molecule has 7 nitrogen and oxygen atoms in total. The van der Waals surface area contributed by atoms with E-state index >= 15 is 0 Å². The number of ether oxygens (including phenoxy) is 1. The van der Waals surface area contributed by atoms with Crippen LogP contribution in [0.2, 0.25) is 0 Å². The fourth-order valence-electron chi connectivity index (χ4n) is 3.52. The van der Waals surface area contributed by atoms with Gasteiger partial charge < -0.3 is 15.0 Å². The lowest BCUT2D eigenvalue weighted by atomic mass is 10.1. The molecular formula is C22H23N3O4. The standard InChI is InChI=1S/C22H23N3O4/c1-22(2,3)29-21(28)24-11-10-23-18-12-15(9-8-14(18)13-24)25-19(26)16-6-4-5-7-17(16)20(25)27/h4-9,12,23H,10-11,13H2,1-3H3.